The number of aldehydes is 1. The van der Waals surface area contributed by atoms with Crippen LogP contribution in [0.4, 0.5) is 13.2 Å². The van der Waals surface area contributed by atoms with Crippen LogP contribution in [-0.4, -0.2) is 11.3 Å². The van der Waals surface area contributed by atoms with Gasteiger partial charge in [0.25, 0.3) is 5.69 Å². The van der Waals surface area contributed by atoms with E-state index in [1.165, 1.54) is 11.6 Å². The lowest BCUT2D eigenvalue weighted by Crippen LogP contribution is -2.35. The molecule has 0 fully saturated rings. The molecular formula is C7H6F3N2O+. The second-order valence-electron chi connectivity index (χ2n) is 2.40. The summed E-state index contributed by atoms with van der Waals surface area (Å²) in [5.41, 5.74) is -1.06. The highest BCUT2D eigenvalue weighted by Crippen LogP contribution is 2.26. The maximum absolute atomic E-state index is 12.0. The number of halogens is 3. The molecule has 0 spiro atoms. The lowest BCUT2D eigenvalue weighted by Gasteiger charge is -2.00. The Hall–Kier alpha value is -1.46. The number of carbonyl (C=O) groups is 1. The van der Waals surface area contributed by atoms with E-state index >= 15 is 0 Å². The minimum atomic E-state index is -4.51. The number of alkyl halides is 3. The van der Waals surface area contributed by atoms with E-state index in [1.807, 2.05) is 0 Å². The van der Waals surface area contributed by atoms with Gasteiger partial charge in [-0.05, 0) is 4.98 Å². The van der Waals surface area contributed by atoms with E-state index in [2.05, 4.69) is 4.98 Å². The maximum Gasteiger partial charge on any atom is 0.458 e. The van der Waals surface area contributed by atoms with Gasteiger partial charge in [-0.3, -0.25) is 4.79 Å². The Morgan fingerprint density at radius 2 is 2.15 bits per heavy atom. The van der Waals surface area contributed by atoms with Gasteiger partial charge < -0.3 is 0 Å². The third-order valence-electron chi connectivity index (χ3n) is 1.45. The van der Waals surface area contributed by atoms with Crippen molar-refractivity contribution in [2.45, 2.75) is 6.18 Å². The highest BCUT2D eigenvalue weighted by atomic mass is 19.4. The van der Waals surface area contributed by atoms with E-state index in [0.717, 1.165) is 12.3 Å². The van der Waals surface area contributed by atoms with Crippen molar-refractivity contribution in [1.29, 1.82) is 0 Å². The van der Waals surface area contributed by atoms with E-state index in [0.29, 0.717) is 0 Å². The molecular weight excluding hydrogens is 185 g/mol. The lowest BCUT2D eigenvalue weighted by molar-refractivity contribution is -0.676. The molecule has 0 aliphatic heterocycles. The van der Waals surface area contributed by atoms with Crippen LogP contribution in [0.2, 0.25) is 0 Å². The Morgan fingerprint density at radius 1 is 1.54 bits per heavy atom. The third-order valence-corrected chi connectivity index (χ3v) is 1.45. The summed E-state index contributed by atoms with van der Waals surface area (Å²) in [7, 11) is 1.44. The van der Waals surface area contributed by atoms with Crippen LogP contribution in [0.25, 0.3) is 0 Å². The first-order valence-electron chi connectivity index (χ1n) is 3.34. The number of hydrogen-bond acceptors (Lipinski definition) is 2. The second-order valence-corrected chi connectivity index (χ2v) is 2.40. The smallest absolute Gasteiger partial charge is 0.289 e. The fraction of sp³-hybridized carbons (Fsp3) is 0.286. The SMILES string of the molecule is C[n+]1ccc(C(F)(F)F)nc1C=O. The van der Waals surface area contributed by atoms with Crippen LogP contribution in [0.15, 0.2) is 12.3 Å². The summed E-state index contributed by atoms with van der Waals surface area (Å²) in [4.78, 5) is 13.4. The van der Waals surface area contributed by atoms with Gasteiger partial charge in [-0.25, -0.2) is 4.57 Å². The quantitative estimate of drug-likeness (QED) is 0.484. The Balaban J connectivity index is 3.21. The third kappa shape index (κ3) is 2.01. The summed E-state index contributed by atoms with van der Waals surface area (Å²) in [6.07, 6.45) is -3.10. The fourth-order valence-electron chi connectivity index (χ4n) is 0.766. The van der Waals surface area contributed by atoms with Crippen LogP contribution < -0.4 is 4.57 Å². The topological polar surface area (TPSA) is 33.8 Å². The predicted molar refractivity (Wildman–Crippen MR) is 35.8 cm³/mol. The average molecular weight is 191 g/mol. The zero-order valence-corrected chi connectivity index (χ0v) is 6.67. The normalized spacial score (nSPS) is 11.4. The molecule has 0 bridgehead atoms. The number of aromatic nitrogens is 2. The molecule has 0 saturated heterocycles. The predicted octanol–water partition coefficient (Wildman–Crippen LogP) is 0.737. The van der Waals surface area contributed by atoms with Crippen LogP contribution in [0.3, 0.4) is 0 Å². The van der Waals surface area contributed by atoms with Crippen molar-refractivity contribution < 1.29 is 22.5 Å². The molecule has 0 amide bonds. The van der Waals surface area contributed by atoms with E-state index in [4.69, 9.17) is 0 Å². The molecule has 0 atom stereocenters. The van der Waals surface area contributed by atoms with Crippen LogP contribution in [-0.2, 0) is 13.2 Å². The Kier molecular flexibility index (Phi) is 2.31. The maximum atomic E-state index is 12.0. The average Bonchev–Trinajstić information content (AvgIpc) is 2.03. The van der Waals surface area contributed by atoms with Gasteiger partial charge >= 0.3 is 12.0 Å². The second kappa shape index (κ2) is 3.12. The number of rotatable bonds is 1. The van der Waals surface area contributed by atoms with Crippen molar-refractivity contribution in [1.82, 2.24) is 4.98 Å². The molecule has 0 saturated carbocycles. The zero-order chi connectivity index (χ0) is 10.1. The molecule has 0 radical (unpaired) electrons. The lowest BCUT2D eigenvalue weighted by atomic mass is 10.4. The molecule has 1 aromatic heterocycles. The summed E-state index contributed by atoms with van der Waals surface area (Å²) < 4.78 is 37.4. The van der Waals surface area contributed by atoms with E-state index < -0.39 is 11.9 Å². The molecule has 0 N–H and O–H groups in total. The summed E-state index contributed by atoms with van der Waals surface area (Å²) >= 11 is 0. The molecule has 0 aliphatic rings. The van der Waals surface area contributed by atoms with Crippen LogP contribution in [0.5, 0.6) is 0 Å². The summed E-state index contributed by atoms with van der Waals surface area (Å²) in [6.45, 7) is 0. The van der Waals surface area contributed by atoms with Gasteiger partial charge in [-0.2, -0.15) is 13.2 Å². The number of nitrogens with zero attached hydrogens (tertiary/aromatic N) is 2. The van der Waals surface area contributed by atoms with E-state index in [1.54, 1.807) is 0 Å². The molecule has 1 rings (SSSR count). The van der Waals surface area contributed by atoms with Crippen LogP contribution in [0, 0.1) is 0 Å². The monoisotopic (exact) mass is 191 g/mol. The zero-order valence-electron chi connectivity index (χ0n) is 6.67. The first-order valence-corrected chi connectivity index (χ1v) is 3.34. The van der Waals surface area contributed by atoms with Gasteiger partial charge in [0.2, 0.25) is 6.29 Å². The fourth-order valence-corrected chi connectivity index (χ4v) is 0.766. The van der Waals surface area contributed by atoms with Crippen molar-refractivity contribution in [3.8, 4) is 0 Å². The van der Waals surface area contributed by atoms with Crippen molar-refractivity contribution >= 4 is 6.29 Å². The van der Waals surface area contributed by atoms with Gasteiger partial charge in [-0.15, -0.1) is 0 Å². The standard InChI is InChI=1S/C7H6F3N2O/c1-12-3-2-5(7(8,9)10)11-6(12)4-13/h2-4H,1H3/q+1. The van der Waals surface area contributed by atoms with Gasteiger partial charge in [0.1, 0.15) is 0 Å². The van der Waals surface area contributed by atoms with Crippen molar-refractivity contribution in [2.75, 3.05) is 0 Å². The minimum absolute atomic E-state index is 0.255. The van der Waals surface area contributed by atoms with Crippen molar-refractivity contribution in [3.63, 3.8) is 0 Å². The molecule has 1 heterocycles. The number of aryl methyl sites for hydroxylation is 1. The van der Waals surface area contributed by atoms with Gasteiger partial charge in [0, 0.05) is 6.07 Å². The molecule has 0 unspecified atom stereocenters. The molecule has 6 heteroatoms. The van der Waals surface area contributed by atoms with Crippen molar-refractivity contribution in [3.05, 3.63) is 23.8 Å². The summed E-state index contributed by atoms with van der Waals surface area (Å²) in [6, 6.07) is 0.812. The molecule has 0 aromatic carbocycles. The van der Waals surface area contributed by atoms with E-state index in [9.17, 15) is 18.0 Å². The van der Waals surface area contributed by atoms with Gasteiger partial charge in [-0.1, -0.05) is 0 Å². The minimum Gasteiger partial charge on any atom is -0.289 e. The largest absolute Gasteiger partial charge is 0.458 e. The van der Waals surface area contributed by atoms with E-state index in [-0.39, 0.29) is 12.1 Å². The van der Waals surface area contributed by atoms with Gasteiger partial charge in [0.15, 0.2) is 0 Å². The molecule has 13 heavy (non-hydrogen) atoms. The Bertz CT molecular complexity index is 335. The van der Waals surface area contributed by atoms with Crippen LogP contribution in [0.1, 0.15) is 16.3 Å². The highest BCUT2D eigenvalue weighted by Gasteiger charge is 2.38. The summed E-state index contributed by atoms with van der Waals surface area (Å²) in [5.74, 6) is -0.255. The van der Waals surface area contributed by atoms with Gasteiger partial charge in [0.05, 0.1) is 13.2 Å². The Morgan fingerprint density at radius 3 is 2.62 bits per heavy atom. The van der Waals surface area contributed by atoms with Crippen LogP contribution >= 0.6 is 0 Å². The highest BCUT2D eigenvalue weighted by molar-refractivity contribution is 5.66. The molecule has 1 aromatic rings. The first kappa shape index (κ1) is 9.63. The number of hydrogen-bond donors (Lipinski definition) is 0. The first-order chi connectivity index (χ1) is 5.95. The van der Waals surface area contributed by atoms with Crippen molar-refractivity contribution in [2.24, 2.45) is 7.05 Å². The molecule has 3 nitrogen and oxygen atoms in total. The Labute approximate surface area is 71.8 Å². The molecule has 70 valence electrons. The molecule has 0 aliphatic carbocycles. The number of carbonyl (C=O) groups excluding carboxylic acids is 1. The summed E-state index contributed by atoms with van der Waals surface area (Å²) in [5, 5.41) is 0.